The molecule has 1 aliphatic rings. The molecule has 1 saturated heterocycles. The second-order valence-electron chi connectivity index (χ2n) is 4.93. The molecule has 2 aromatic heterocycles. The van der Waals surface area contributed by atoms with Crippen molar-refractivity contribution < 1.29 is 4.74 Å². The first kappa shape index (κ1) is 13.1. The number of hydrogen-bond acceptors (Lipinski definition) is 6. The van der Waals surface area contributed by atoms with Gasteiger partial charge in [0, 0.05) is 26.7 Å². The molecule has 1 aliphatic heterocycles. The van der Waals surface area contributed by atoms with Gasteiger partial charge in [0.2, 0.25) is 5.95 Å². The van der Waals surface area contributed by atoms with E-state index in [4.69, 9.17) is 4.74 Å². The van der Waals surface area contributed by atoms with Gasteiger partial charge in [0.25, 0.3) is 0 Å². The Morgan fingerprint density at radius 2 is 2.40 bits per heavy atom. The summed E-state index contributed by atoms with van der Waals surface area (Å²) in [6, 6.07) is 0. The largest absolute Gasteiger partial charge is 0.376 e. The molecule has 1 unspecified atom stereocenters. The molecule has 0 amide bonds. The number of likely N-dealkylation sites (N-methyl/N-ethyl adjacent to an activating group) is 1. The second-order valence-corrected chi connectivity index (χ2v) is 4.93. The molecule has 108 valence electrons. The second kappa shape index (κ2) is 5.62. The van der Waals surface area contributed by atoms with Crippen molar-refractivity contribution in [1.29, 1.82) is 0 Å². The lowest BCUT2D eigenvalue weighted by molar-refractivity contribution is 0.115. The van der Waals surface area contributed by atoms with Crippen LogP contribution in [0.15, 0.2) is 6.20 Å². The average Bonchev–Trinajstić information content (AvgIpc) is 3.14. The topological polar surface area (TPSA) is 79.0 Å². The van der Waals surface area contributed by atoms with E-state index in [1.165, 1.54) is 0 Å². The van der Waals surface area contributed by atoms with Crippen LogP contribution >= 0.6 is 0 Å². The summed E-state index contributed by atoms with van der Waals surface area (Å²) in [7, 11) is 1.82. The van der Waals surface area contributed by atoms with Gasteiger partial charge < -0.3 is 15.0 Å². The highest BCUT2D eigenvalue weighted by Gasteiger charge is 2.21. The van der Waals surface area contributed by atoms with E-state index in [1.54, 1.807) is 6.20 Å². The number of fused-ring (bicyclic) bond motifs is 1. The van der Waals surface area contributed by atoms with Crippen molar-refractivity contribution in [2.75, 3.05) is 37.0 Å². The zero-order valence-corrected chi connectivity index (χ0v) is 11.9. The van der Waals surface area contributed by atoms with E-state index in [0.717, 1.165) is 49.4 Å². The number of rotatable bonds is 5. The molecule has 0 bridgehead atoms. The Labute approximate surface area is 117 Å². The Balaban J connectivity index is 1.94. The highest BCUT2D eigenvalue weighted by molar-refractivity contribution is 5.87. The maximum absolute atomic E-state index is 5.73. The molecule has 0 spiro atoms. The van der Waals surface area contributed by atoms with E-state index < -0.39 is 0 Å². The van der Waals surface area contributed by atoms with Crippen LogP contribution in [0.3, 0.4) is 0 Å². The zero-order valence-electron chi connectivity index (χ0n) is 11.9. The molecule has 7 nitrogen and oxygen atoms in total. The fourth-order valence-electron chi connectivity index (χ4n) is 2.57. The van der Waals surface area contributed by atoms with Crippen molar-refractivity contribution in [2.24, 2.45) is 0 Å². The van der Waals surface area contributed by atoms with Crippen LogP contribution in [-0.4, -0.2) is 53.0 Å². The van der Waals surface area contributed by atoms with Crippen LogP contribution in [0, 0.1) is 0 Å². The summed E-state index contributed by atoms with van der Waals surface area (Å²) in [5.74, 6) is 1.51. The standard InChI is InChI=1S/C13H20N6O/c1-3-19(8-9-5-4-6-20-9)12-10-7-15-18-11(10)16-13(14-2)17-12/h7,9H,3-6,8H2,1-2H3,(H2,14,15,16,17,18). The highest BCUT2D eigenvalue weighted by Crippen LogP contribution is 2.25. The fraction of sp³-hybridized carbons (Fsp3) is 0.615. The lowest BCUT2D eigenvalue weighted by atomic mass is 10.2. The van der Waals surface area contributed by atoms with Gasteiger partial charge in [0.05, 0.1) is 17.7 Å². The summed E-state index contributed by atoms with van der Waals surface area (Å²) in [5, 5.41) is 10.9. The molecule has 7 heteroatoms. The lowest BCUT2D eigenvalue weighted by Crippen LogP contribution is -2.33. The van der Waals surface area contributed by atoms with Gasteiger partial charge in [0.1, 0.15) is 5.82 Å². The third-order valence-electron chi connectivity index (χ3n) is 3.64. The maximum Gasteiger partial charge on any atom is 0.226 e. The Morgan fingerprint density at radius 3 is 3.10 bits per heavy atom. The van der Waals surface area contributed by atoms with Gasteiger partial charge in [-0.15, -0.1) is 0 Å². The molecular formula is C13H20N6O. The van der Waals surface area contributed by atoms with E-state index in [9.17, 15) is 0 Å². The monoisotopic (exact) mass is 276 g/mol. The van der Waals surface area contributed by atoms with E-state index in [2.05, 4.69) is 37.3 Å². The van der Waals surface area contributed by atoms with Crippen molar-refractivity contribution in [2.45, 2.75) is 25.9 Å². The van der Waals surface area contributed by atoms with E-state index in [1.807, 2.05) is 7.05 Å². The van der Waals surface area contributed by atoms with Crippen molar-refractivity contribution in [3.63, 3.8) is 0 Å². The first-order valence-electron chi connectivity index (χ1n) is 7.07. The van der Waals surface area contributed by atoms with E-state index >= 15 is 0 Å². The lowest BCUT2D eigenvalue weighted by Gasteiger charge is -2.25. The number of nitrogens with one attached hydrogen (secondary N) is 2. The summed E-state index contributed by atoms with van der Waals surface area (Å²) in [6.45, 7) is 4.73. The number of ether oxygens (including phenoxy) is 1. The first-order valence-corrected chi connectivity index (χ1v) is 7.07. The first-order chi connectivity index (χ1) is 9.81. The Kier molecular flexibility index (Phi) is 3.68. The molecule has 0 radical (unpaired) electrons. The van der Waals surface area contributed by atoms with Crippen LogP contribution in [0.4, 0.5) is 11.8 Å². The number of hydrogen-bond donors (Lipinski definition) is 2. The van der Waals surface area contributed by atoms with Crippen molar-refractivity contribution in [3.8, 4) is 0 Å². The summed E-state index contributed by atoms with van der Waals surface area (Å²) in [6.07, 6.45) is 4.34. The maximum atomic E-state index is 5.73. The minimum atomic E-state index is 0.296. The number of nitrogens with zero attached hydrogens (tertiary/aromatic N) is 4. The third-order valence-corrected chi connectivity index (χ3v) is 3.64. The fourth-order valence-corrected chi connectivity index (χ4v) is 2.57. The molecule has 1 atom stereocenters. The van der Waals surface area contributed by atoms with Gasteiger partial charge in [-0.25, -0.2) is 0 Å². The summed E-state index contributed by atoms with van der Waals surface area (Å²) >= 11 is 0. The van der Waals surface area contributed by atoms with Crippen LogP contribution in [0.1, 0.15) is 19.8 Å². The normalized spacial score (nSPS) is 18.6. The summed E-state index contributed by atoms with van der Waals surface area (Å²) in [4.78, 5) is 11.2. The van der Waals surface area contributed by atoms with Gasteiger partial charge in [-0.1, -0.05) is 0 Å². The predicted octanol–water partition coefficient (Wildman–Crippen LogP) is 1.40. The third kappa shape index (κ3) is 2.40. The highest BCUT2D eigenvalue weighted by atomic mass is 16.5. The summed E-state index contributed by atoms with van der Waals surface area (Å²) in [5.41, 5.74) is 0.755. The Bertz CT molecular complexity index is 577. The predicted molar refractivity (Wildman–Crippen MR) is 78.1 cm³/mol. The minimum absolute atomic E-state index is 0.296. The zero-order chi connectivity index (χ0) is 13.9. The number of anilines is 2. The Morgan fingerprint density at radius 1 is 1.50 bits per heavy atom. The minimum Gasteiger partial charge on any atom is -0.376 e. The van der Waals surface area contributed by atoms with Crippen LogP contribution in [0.2, 0.25) is 0 Å². The molecule has 0 aromatic carbocycles. The molecule has 0 aliphatic carbocycles. The van der Waals surface area contributed by atoms with Gasteiger partial charge in [-0.3, -0.25) is 5.10 Å². The number of aromatic amines is 1. The number of H-pyrrole nitrogens is 1. The van der Waals surface area contributed by atoms with Crippen LogP contribution in [0.25, 0.3) is 11.0 Å². The van der Waals surface area contributed by atoms with E-state index in [-0.39, 0.29) is 0 Å². The Hall–Kier alpha value is -1.89. The van der Waals surface area contributed by atoms with Crippen LogP contribution in [0.5, 0.6) is 0 Å². The average molecular weight is 276 g/mol. The van der Waals surface area contributed by atoms with Crippen molar-refractivity contribution in [3.05, 3.63) is 6.20 Å². The van der Waals surface area contributed by atoms with Gasteiger partial charge in [-0.05, 0) is 19.8 Å². The smallest absolute Gasteiger partial charge is 0.226 e. The number of aromatic nitrogens is 4. The van der Waals surface area contributed by atoms with Crippen LogP contribution < -0.4 is 10.2 Å². The van der Waals surface area contributed by atoms with E-state index in [0.29, 0.717) is 12.1 Å². The quantitative estimate of drug-likeness (QED) is 0.859. The van der Waals surface area contributed by atoms with Crippen molar-refractivity contribution in [1.82, 2.24) is 20.2 Å². The molecule has 1 fully saturated rings. The molecule has 2 N–H and O–H groups in total. The van der Waals surface area contributed by atoms with Crippen molar-refractivity contribution >= 4 is 22.8 Å². The molecule has 3 rings (SSSR count). The van der Waals surface area contributed by atoms with Gasteiger partial charge >= 0.3 is 0 Å². The molecule has 2 aromatic rings. The van der Waals surface area contributed by atoms with Gasteiger partial charge in [0.15, 0.2) is 5.65 Å². The summed E-state index contributed by atoms with van der Waals surface area (Å²) < 4.78 is 5.73. The molecule has 20 heavy (non-hydrogen) atoms. The van der Waals surface area contributed by atoms with Crippen LogP contribution in [-0.2, 0) is 4.74 Å². The molecule has 0 saturated carbocycles. The van der Waals surface area contributed by atoms with Gasteiger partial charge in [-0.2, -0.15) is 15.1 Å². The molecule has 3 heterocycles. The molecular weight excluding hydrogens is 256 g/mol. The SMILES string of the molecule is CCN(CC1CCCO1)c1nc(NC)nc2[nH]ncc12.